The van der Waals surface area contributed by atoms with E-state index in [2.05, 4.69) is 10.1 Å². The zero-order valence-corrected chi connectivity index (χ0v) is 8.50. The molecule has 0 saturated heterocycles. The van der Waals surface area contributed by atoms with Gasteiger partial charge < -0.3 is 4.57 Å². The van der Waals surface area contributed by atoms with Crippen LogP contribution in [0.5, 0.6) is 0 Å². The van der Waals surface area contributed by atoms with Crippen LogP contribution in [-0.2, 0) is 13.1 Å². The molecule has 78 valence electrons. The normalized spacial score (nSPS) is 10.5. The third-order valence-electron chi connectivity index (χ3n) is 2.29. The van der Waals surface area contributed by atoms with Crippen molar-refractivity contribution in [1.29, 1.82) is 0 Å². The summed E-state index contributed by atoms with van der Waals surface area (Å²) >= 11 is 0. The number of aldehydes is 1. The molecule has 0 radical (unpaired) electrons. The number of aryl methyl sites for hydroxylation is 1. The Kier molecular flexibility index (Phi) is 2.62. The van der Waals surface area contributed by atoms with Gasteiger partial charge in [-0.15, -0.1) is 0 Å². The molecule has 0 saturated carbocycles. The smallest absolute Gasteiger partial charge is 0.166 e. The van der Waals surface area contributed by atoms with Gasteiger partial charge in [0.05, 0.1) is 12.2 Å². The van der Waals surface area contributed by atoms with E-state index >= 15 is 0 Å². The molecule has 2 heterocycles. The van der Waals surface area contributed by atoms with Crippen LogP contribution in [0.25, 0.3) is 0 Å². The van der Waals surface area contributed by atoms with Gasteiger partial charge in [-0.2, -0.15) is 5.10 Å². The molecule has 0 N–H and O–H groups in total. The highest BCUT2D eigenvalue weighted by atomic mass is 16.1. The van der Waals surface area contributed by atoms with Gasteiger partial charge in [0, 0.05) is 12.7 Å². The van der Waals surface area contributed by atoms with E-state index in [1.807, 2.05) is 28.4 Å². The van der Waals surface area contributed by atoms with Crippen LogP contribution in [0.3, 0.4) is 0 Å². The average Bonchev–Trinajstić information content (AvgIpc) is 2.87. The minimum Gasteiger partial charge on any atom is -0.338 e. The second-order valence-electron chi connectivity index (χ2n) is 3.17. The Morgan fingerprint density at radius 2 is 2.40 bits per heavy atom. The zero-order chi connectivity index (χ0) is 10.7. The Morgan fingerprint density at radius 1 is 1.53 bits per heavy atom. The lowest BCUT2D eigenvalue weighted by molar-refractivity contribution is 0.111. The molecular weight excluding hydrogens is 192 g/mol. The standard InChI is InChI=1S/C10H12N4O/c1-2-14-10(11-8-12-14)6-13-5-3-4-9(13)7-15/h3-5,7-8H,2,6H2,1H3. The summed E-state index contributed by atoms with van der Waals surface area (Å²) < 4.78 is 3.66. The summed E-state index contributed by atoms with van der Waals surface area (Å²) in [5.74, 6) is 0.858. The predicted octanol–water partition coefficient (Wildman–Crippen LogP) is 0.960. The highest BCUT2D eigenvalue weighted by molar-refractivity contribution is 5.72. The van der Waals surface area contributed by atoms with Crippen LogP contribution >= 0.6 is 0 Å². The summed E-state index contributed by atoms with van der Waals surface area (Å²) in [5, 5.41) is 4.07. The maximum Gasteiger partial charge on any atom is 0.166 e. The fraction of sp³-hybridized carbons (Fsp3) is 0.300. The van der Waals surface area contributed by atoms with Crippen LogP contribution in [0.1, 0.15) is 23.2 Å². The lowest BCUT2D eigenvalue weighted by Crippen LogP contribution is -2.10. The van der Waals surface area contributed by atoms with E-state index in [0.717, 1.165) is 18.7 Å². The molecule has 2 aromatic heterocycles. The largest absolute Gasteiger partial charge is 0.338 e. The van der Waals surface area contributed by atoms with Crippen molar-refractivity contribution in [2.24, 2.45) is 0 Å². The third-order valence-corrected chi connectivity index (χ3v) is 2.29. The van der Waals surface area contributed by atoms with Crippen molar-refractivity contribution < 1.29 is 4.79 Å². The highest BCUT2D eigenvalue weighted by Crippen LogP contribution is 2.03. The zero-order valence-electron chi connectivity index (χ0n) is 8.50. The summed E-state index contributed by atoms with van der Waals surface area (Å²) in [6.07, 6.45) is 4.23. The predicted molar refractivity (Wildman–Crippen MR) is 54.6 cm³/mol. The van der Waals surface area contributed by atoms with E-state index in [4.69, 9.17) is 0 Å². The van der Waals surface area contributed by atoms with E-state index in [1.54, 1.807) is 6.07 Å². The van der Waals surface area contributed by atoms with Gasteiger partial charge in [-0.05, 0) is 19.1 Å². The van der Waals surface area contributed by atoms with Gasteiger partial charge in [0.2, 0.25) is 0 Å². The Morgan fingerprint density at radius 3 is 3.13 bits per heavy atom. The van der Waals surface area contributed by atoms with Crippen LogP contribution in [0.2, 0.25) is 0 Å². The third kappa shape index (κ3) is 1.81. The van der Waals surface area contributed by atoms with E-state index in [1.165, 1.54) is 6.33 Å². The summed E-state index contributed by atoms with van der Waals surface area (Å²) in [7, 11) is 0. The number of carbonyl (C=O) groups is 1. The van der Waals surface area contributed by atoms with Crippen molar-refractivity contribution >= 4 is 6.29 Å². The molecular formula is C10H12N4O. The Labute approximate surface area is 87.4 Å². The molecule has 2 aromatic rings. The number of aromatic nitrogens is 4. The second kappa shape index (κ2) is 4.08. The average molecular weight is 204 g/mol. The fourth-order valence-corrected chi connectivity index (χ4v) is 1.51. The van der Waals surface area contributed by atoms with E-state index in [0.29, 0.717) is 12.2 Å². The molecule has 0 bridgehead atoms. The molecule has 0 fully saturated rings. The fourth-order valence-electron chi connectivity index (χ4n) is 1.51. The van der Waals surface area contributed by atoms with Crippen molar-refractivity contribution in [2.75, 3.05) is 0 Å². The number of hydrogen-bond acceptors (Lipinski definition) is 3. The maximum absolute atomic E-state index is 10.7. The lowest BCUT2D eigenvalue weighted by atomic mass is 10.4. The van der Waals surface area contributed by atoms with Gasteiger partial charge in [-0.3, -0.25) is 4.79 Å². The van der Waals surface area contributed by atoms with Crippen LogP contribution < -0.4 is 0 Å². The van der Waals surface area contributed by atoms with Crippen molar-refractivity contribution in [1.82, 2.24) is 19.3 Å². The van der Waals surface area contributed by atoms with E-state index < -0.39 is 0 Å². The maximum atomic E-state index is 10.7. The first-order valence-electron chi connectivity index (χ1n) is 4.82. The Bertz CT molecular complexity index is 457. The lowest BCUT2D eigenvalue weighted by Gasteiger charge is -2.05. The molecule has 5 nitrogen and oxygen atoms in total. The molecule has 15 heavy (non-hydrogen) atoms. The van der Waals surface area contributed by atoms with Gasteiger partial charge in [-0.1, -0.05) is 0 Å². The molecule has 0 aliphatic rings. The summed E-state index contributed by atoms with van der Waals surface area (Å²) in [5.41, 5.74) is 0.653. The Balaban J connectivity index is 2.25. The first kappa shape index (κ1) is 9.64. The van der Waals surface area contributed by atoms with Crippen LogP contribution in [0.4, 0.5) is 0 Å². The van der Waals surface area contributed by atoms with Crippen LogP contribution in [-0.4, -0.2) is 25.6 Å². The second-order valence-corrected chi connectivity index (χ2v) is 3.17. The Hall–Kier alpha value is -1.91. The van der Waals surface area contributed by atoms with Gasteiger partial charge in [-0.25, -0.2) is 9.67 Å². The van der Waals surface area contributed by atoms with Gasteiger partial charge in [0.1, 0.15) is 12.2 Å². The minimum absolute atomic E-state index is 0.578. The van der Waals surface area contributed by atoms with Crippen LogP contribution in [0, 0.1) is 0 Å². The van der Waals surface area contributed by atoms with Crippen LogP contribution in [0.15, 0.2) is 24.7 Å². The first-order valence-corrected chi connectivity index (χ1v) is 4.82. The van der Waals surface area contributed by atoms with Gasteiger partial charge in [0.15, 0.2) is 6.29 Å². The molecule has 0 spiro atoms. The number of hydrogen-bond donors (Lipinski definition) is 0. The molecule has 0 unspecified atom stereocenters. The van der Waals surface area contributed by atoms with Crippen molar-refractivity contribution in [3.8, 4) is 0 Å². The number of carbonyl (C=O) groups excluding carboxylic acids is 1. The molecule has 0 aliphatic carbocycles. The summed E-state index contributed by atoms with van der Waals surface area (Å²) in [6, 6.07) is 3.62. The SMILES string of the molecule is CCn1ncnc1Cn1cccc1C=O. The molecule has 0 amide bonds. The van der Waals surface area contributed by atoms with E-state index in [-0.39, 0.29) is 0 Å². The molecule has 0 aromatic carbocycles. The van der Waals surface area contributed by atoms with Crippen molar-refractivity contribution in [2.45, 2.75) is 20.0 Å². The van der Waals surface area contributed by atoms with Crippen molar-refractivity contribution in [3.63, 3.8) is 0 Å². The number of rotatable bonds is 4. The van der Waals surface area contributed by atoms with E-state index in [9.17, 15) is 4.79 Å². The number of nitrogens with zero attached hydrogens (tertiary/aromatic N) is 4. The highest BCUT2D eigenvalue weighted by Gasteiger charge is 2.05. The van der Waals surface area contributed by atoms with Gasteiger partial charge >= 0.3 is 0 Å². The molecule has 0 atom stereocenters. The first-order chi connectivity index (χ1) is 7.35. The topological polar surface area (TPSA) is 52.7 Å². The summed E-state index contributed by atoms with van der Waals surface area (Å²) in [4.78, 5) is 14.9. The quantitative estimate of drug-likeness (QED) is 0.697. The van der Waals surface area contributed by atoms with Gasteiger partial charge in [0.25, 0.3) is 0 Å². The molecule has 0 aliphatic heterocycles. The minimum atomic E-state index is 0.578. The summed E-state index contributed by atoms with van der Waals surface area (Å²) in [6.45, 7) is 3.37. The molecule has 2 rings (SSSR count). The monoisotopic (exact) mass is 204 g/mol. The van der Waals surface area contributed by atoms with Crippen molar-refractivity contribution in [3.05, 3.63) is 36.2 Å². The molecule has 5 heteroatoms.